The van der Waals surface area contributed by atoms with Crippen LogP contribution in [-0.2, 0) is 9.63 Å². The summed E-state index contributed by atoms with van der Waals surface area (Å²) in [5.74, 6) is 5.61. The van der Waals surface area contributed by atoms with E-state index in [1.54, 1.807) is 13.2 Å². The van der Waals surface area contributed by atoms with E-state index in [4.69, 9.17) is 25.1 Å². The summed E-state index contributed by atoms with van der Waals surface area (Å²) in [4.78, 5) is 41.4. The summed E-state index contributed by atoms with van der Waals surface area (Å²) in [6, 6.07) is 15.1. The highest BCUT2D eigenvalue weighted by Gasteiger charge is 2.22. The van der Waals surface area contributed by atoms with E-state index in [0.29, 0.717) is 39.6 Å². The summed E-state index contributed by atoms with van der Waals surface area (Å²) in [7, 11) is 1.63. The monoisotopic (exact) mass is 577 g/mol. The van der Waals surface area contributed by atoms with Crippen LogP contribution < -0.4 is 10.6 Å². The van der Waals surface area contributed by atoms with Gasteiger partial charge in [-0.2, -0.15) is 11.0 Å². The number of hydrogen-bond donors (Lipinski definition) is 2. The molecular formula is C31H27N7O5. The molecule has 6 rings (SSSR count). The molecule has 0 aliphatic rings. The van der Waals surface area contributed by atoms with E-state index in [0.717, 1.165) is 44.1 Å². The number of methoxy groups -OCH3 is 1. The number of fused-ring (bicyclic) bond motifs is 4. The van der Waals surface area contributed by atoms with Crippen molar-refractivity contribution in [2.75, 3.05) is 13.7 Å². The molecule has 0 radical (unpaired) electrons. The van der Waals surface area contributed by atoms with Crippen LogP contribution in [0, 0.1) is 20.8 Å². The molecule has 43 heavy (non-hydrogen) atoms. The molecule has 12 nitrogen and oxygen atoms in total. The molecule has 0 spiro atoms. The van der Waals surface area contributed by atoms with E-state index >= 15 is 0 Å². The van der Waals surface area contributed by atoms with E-state index in [1.165, 1.54) is 0 Å². The Kier molecular flexibility index (Phi) is 7.12. The van der Waals surface area contributed by atoms with Crippen molar-refractivity contribution in [3.8, 4) is 28.1 Å². The van der Waals surface area contributed by atoms with Crippen LogP contribution in [0.3, 0.4) is 0 Å². The first-order valence-corrected chi connectivity index (χ1v) is 13.5. The van der Waals surface area contributed by atoms with Gasteiger partial charge in [0.2, 0.25) is 0 Å². The number of carbonyl (C=O) groups excluding carboxylic acids is 2. The number of nitrogens with two attached hydrogens (primary N) is 1. The van der Waals surface area contributed by atoms with Crippen LogP contribution in [0.4, 0.5) is 0 Å². The Morgan fingerprint density at radius 2 is 1.79 bits per heavy atom. The molecule has 0 unspecified atom stereocenters. The Balaban J connectivity index is 1.52. The fourth-order valence-electron chi connectivity index (χ4n) is 5.42. The number of H-pyrrole nitrogens is 1. The van der Waals surface area contributed by atoms with Crippen LogP contribution >= 0.6 is 0 Å². The molecule has 0 aliphatic heterocycles. The fourth-order valence-corrected chi connectivity index (χ4v) is 5.42. The Hall–Kier alpha value is -5.49. The highest BCUT2D eigenvalue weighted by molar-refractivity contribution is 6.17. The highest BCUT2D eigenvalue weighted by atomic mass is 16.7. The van der Waals surface area contributed by atoms with E-state index in [-0.39, 0.29) is 13.0 Å². The van der Waals surface area contributed by atoms with Gasteiger partial charge in [0.05, 0.1) is 48.0 Å². The second-order valence-corrected chi connectivity index (χ2v) is 9.98. The van der Waals surface area contributed by atoms with E-state index < -0.39 is 11.9 Å². The van der Waals surface area contributed by atoms with Gasteiger partial charge in [0.25, 0.3) is 5.91 Å². The van der Waals surface area contributed by atoms with Gasteiger partial charge >= 0.3 is 5.97 Å². The Morgan fingerprint density at radius 3 is 2.51 bits per heavy atom. The summed E-state index contributed by atoms with van der Waals surface area (Å²) < 4.78 is 11.3. The first-order chi connectivity index (χ1) is 20.8. The van der Waals surface area contributed by atoms with Crippen LogP contribution in [0.2, 0.25) is 0 Å². The van der Waals surface area contributed by atoms with Crippen LogP contribution in [0.1, 0.15) is 34.1 Å². The van der Waals surface area contributed by atoms with Crippen molar-refractivity contribution in [2.24, 2.45) is 16.1 Å². The number of nitrogens with zero attached hydrogens (tertiary/aromatic N) is 5. The van der Waals surface area contributed by atoms with Gasteiger partial charge < -0.3 is 19.1 Å². The minimum atomic E-state index is -0.637. The van der Waals surface area contributed by atoms with Crippen molar-refractivity contribution in [3.05, 3.63) is 71.4 Å². The standard InChI is InChI=1S/C31H27N7O5/c1-15-27(16(2)43-38-15)23-13-24-22(14-25(23)41-4)28-29(34-17(3)35-30(28)36-24)20-9-10-21(19-8-6-5-7-18(19)20)31(40)37-33-12-11-26(39)42-32/h5-10,13-14H,11-12,32H2,1-4H3,(H,34,35,36). The molecule has 3 aromatic heterocycles. The quantitative estimate of drug-likeness (QED) is 0.173. The van der Waals surface area contributed by atoms with Gasteiger partial charge in [-0.1, -0.05) is 35.5 Å². The summed E-state index contributed by atoms with van der Waals surface area (Å²) in [5, 5.41) is 14.9. The van der Waals surface area contributed by atoms with Crippen molar-refractivity contribution in [2.45, 2.75) is 27.2 Å². The molecule has 0 aliphatic carbocycles. The lowest BCUT2D eigenvalue weighted by molar-refractivity contribution is -0.143. The van der Waals surface area contributed by atoms with E-state index in [2.05, 4.69) is 25.2 Å². The van der Waals surface area contributed by atoms with Crippen LogP contribution in [0.15, 0.2) is 63.3 Å². The van der Waals surface area contributed by atoms with E-state index in [9.17, 15) is 9.59 Å². The molecule has 12 heteroatoms. The maximum absolute atomic E-state index is 13.0. The maximum atomic E-state index is 13.0. The average molecular weight is 578 g/mol. The topological polar surface area (TPSA) is 171 Å². The fraction of sp³-hybridized carbons (Fsp3) is 0.194. The third-order valence-corrected chi connectivity index (χ3v) is 7.30. The van der Waals surface area contributed by atoms with Crippen LogP contribution in [0.5, 0.6) is 5.75 Å². The first-order valence-electron chi connectivity index (χ1n) is 13.5. The van der Waals surface area contributed by atoms with Crippen molar-refractivity contribution in [1.82, 2.24) is 20.1 Å². The summed E-state index contributed by atoms with van der Waals surface area (Å²) in [5.41, 5.74) is 5.91. The summed E-state index contributed by atoms with van der Waals surface area (Å²) in [6.45, 7) is 5.59. The van der Waals surface area contributed by atoms with Gasteiger partial charge in [-0.3, -0.25) is 9.59 Å². The van der Waals surface area contributed by atoms with Crippen molar-refractivity contribution in [1.29, 1.82) is 0 Å². The lowest BCUT2D eigenvalue weighted by Crippen LogP contribution is -2.10. The molecule has 0 atom stereocenters. The van der Waals surface area contributed by atoms with Gasteiger partial charge in [0, 0.05) is 22.0 Å². The number of carbonyl (C=O) groups is 2. The normalized spacial score (nSPS) is 11.7. The number of ether oxygens (including phenoxy) is 1. The number of aromatic nitrogens is 4. The number of aryl methyl sites for hydroxylation is 3. The third-order valence-electron chi connectivity index (χ3n) is 7.30. The molecule has 0 bridgehead atoms. The Bertz CT molecular complexity index is 2070. The van der Waals surface area contributed by atoms with Gasteiger partial charge in [0.1, 0.15) is 23.0 Å². The molecule has 0 saturated heterocycles. The largest absolute Gasteiger partial charge is 0.496 e. The van der Waals surface area contributed by atoms with Gasteiger partial charge in [-0.25, -0.2) is 9.97 Å². The van der Waals surface area contributed by atoms with E-state index in [1.807, 2.05) is 63.2 Å². The smallest absolute Gasteiger partial charge is 0.326 e. The molecule has 6 aromatic rings. The molecule has 3 heterocycles. The molecule has 3 N–H and O–H groups in total. The minimum absolute atomic E-state index is 0.0159. The number of amides is 1. The molecule has 0 fully saturated rings. The van der Waals surface area contributed by atoms with Crippen molar-refractivity contribution < 1.29 is 23.7 Å². The number of nitrogens with one attached hydrogen (secondary N) is 1. The van der Waals surface area contributed by atoms with Gasteiger partial charge in [-0.15, -0.1) is 5.11 Å². The predicted octanol–water partition coefficient (Wildman–Crippen LogP) is 5.92. The SMILES string of the molecule is COc1cc2c(cc1-c1c(C)noc1C)[nH]c1nc(C)nc(-c3ccc(C(=O)N=NCCC(=O)ON)c4ccccc34)c12. The Labute approximate surface area is 244 Å². The lowest BCUT2D eigenvalue weighted by atomic mass is 9.95. The number of azo groups is 1. The lowest BCUT2D eigenvalue weighted by Gasteiger charge is -2.12. The molecule has 0 saturated carbocycles. The highest BCUT2D eigenvalue weighted by Crippen LogP contribution is 2.42. The van der Waals surface area contributed by atoms with Crippen LogP contribution in [0.25, 0.3) is 55.1 Å². The second-order valence-electron chi connectivity index (χ2n) is 9.98. The number of aromatic amines is 1. The van der Waals surface area contributed by atoms with Gasteiger partial charge in [-0.05, 0) is 49.7 Å². The number of benzene rings is 3. The maximum Gasteiger partial charge on any atom is 0.326 e. The molecule has 216 valence electrons. The third kappa shape index (κ3) is 4.87. The van der Waals surface area contributed by atoms with Crippen molar-refractivity contribution in [3.63, 3.8) is 0 Å². The second kappa shape index (κ2) is 11.1. The van der Waals surface area contributed by atoms with Crippen molar-refractivity contribution >= 4 is 44.6 Å². The summed E-state index contributed by atoms with van der Waals surface area (Å²) in [6.07, 6.45) is -0.0783. The average Bonchev–Trinajstić information content (AvgIpc) is 3.54. The molecule has 3 aromatic carbocycles. The minimum Gasteiger partial charge on any atom is -0.496 e. The summed E-state index contributed by atoms with van der Waals surface area (Å²) >= 11 is 0. The predicted molar refractivity (Wildman–Crippen MR) is 160 cm³/mol. The molecular weight excluding hydrogens is 550 g/mol. The molecule has 1 amide bonds. The number of rotatable bonds is 7. The van der Waals surface area contributed by atoms with Crippen LogP contribution in [-0.4, -0.2) is 45.6 Å². The zero-order chi connectivity index (χ0) is 30.2. The zero-order valence-corrected chi connectivity index (χ0v) is 23.9. The number of hydrogen-bond acceptors (Lipinski definition) is 10. The van der Waals surface area contributed by atoms with Gasteiger partial charge in [0.15, 0.2) is 0 Å². The zero-order valence-electron chi connectivity index (χ0n) is 23.9. The first kappa shape index (κ1) is 27.7. The Morgan fingerprint density at radius 1 is 1.00 bits per heavy atom.